The number of anilines is 1. The monoisotopic (exact) mass is 371 g/mol. The summed E-state index contributed by atoms with van der Waals surface area (Å²) in [5, 5.41) is 2.45. The van der Waals surface area contributed by atoms with Gasteiger partial charge >= 0.3 is 0 Å². The molecule has 0 aliphatic rings. The number of hydrogen-bond donors (Lipinski definition) is 1. The zero-order valence-corrected chi connectivity index (χ0v) is 14.7. The van der Waals surface area contributed by atoms with Crippen LogP contribution in [0, 0.1) is 5.82 Å². The molecule has 0 aliphatic heterocycles. The van der Waals surface area contributed by atoms with Gasteiger partial charge in [-0.2, -0.15) is 0 Å². The van der Waals surface area contributed by atoms with Gasteiger partial charge in [0.2, 0.25) is 5.91 Å². The molecule has 1 atom stereocenters. The fourth-order valence-electron chi connectivity index (χ4n) is 2.33. The first-order valence-electron chi connectivity index (χ1n) is 7.66. The van der Waals surface area contributed by atoms with Crippen LogP contribution in [0.3, 0.4) is 0 Å². The standard InChI is InChI=1S/C20H15ClFNOS/c21-15-11-12-18(17(22)13-15)23-20(24)19(14-7-3-1-4-8-14)25-16-9-5-2-6-10-16/h1-13,19H,(H,23,24)/t19-/m1/s1. The molecule has 3 aromatic rings. The van der Waals surface area contributed by atoms with E-state index in [0.29, 0.717) is 0 Å². The lowest BCUT2D eigenvalue weighted by atomic mass is 10.1. The van der Waals surface area contributed by atoms with Gasteiger partial charge in [-0.3, -0.25) is 4.79 Å². The molecular weight excluding hydrogens is 357 g/mol. The summed E-state index contributed by atoms with van der Waals surface area (Å²) in [6.45, 7) is 0. The van der Waals surface area contributed by atoms with E-state index in [4.69, 9.17) is 11.6 Å². The van der Waals surface area contributed by atoms with Crippen LogP contribution >= 0.6 is 23.4 Å². The van der Waals surface area contributed by atoms with Crippen LogP contribution in [-0.4, -0.2) is 5.91 Å². The van der Waals surface area contributed by atoms with Crippen molar-refractivity contribution in [2.24, 2.45) is 0 Å². The first-order valence-corrected chi connectivity index (χ1v) is 8.92. The highest BCUT2D eigenvalue weighted by atomic mass is 35.5. The predicted molar refractivity (Wildman–Crippen MR) is 102 cm³/mol. The molecule has 1 N–H and O–H groups in total. The second-order valence-electron chi connectivity index (χ2n) is 5.34. The maximum Gasteiger partial charge on any atom is 0.242 e. The first kappa shape index (κ1) is 17.5. The van der Waals surface area contributed by atoms with Crippen LogP contribution in [0.4, 0.5) is 10.1 Å². The molecule has 126 valence electrons. The zero-order valence-electron chi connectivity index (χ0n) is 13.2. The number of benzene rings is 3. The lowest BCUT2D eigenvalue weighted by Crippen LogP contribution is -2.19. The van der Waals surface area contributed by atoms with Crippen molar-refractivity contribution in [2.75, 3.05) is 5.32 Å². The van der Waals surface area contributed by atoms with Crippen LogP contribution < -0.4 is 5.32 Å². The van der Waals surface area contributed by atoms with Gasteiger partial charge in [-0.05, 0) is 35.9 Å². The minimum atomic E-state index is -0.558. The van der Waals surface area contributed by atoms with Crippen molar-refractivity contribution in [3.05, 3.63) is 95.3 Å². The fraction of sp³-hybridized carbons (Fsp3) is 0.0500. The van der Waals surface area contributed by atoms with E-state index in [1.54, 1.807) is 6.07 Å². The highest BCUT2D eigenvalue weighted by molar-refractivity contribution is 8.00. The summed E-state index contributed by atoms with van der Waals surface area (Å²) in [6, 6.07) is 23.3. The molecule has 0 heterocycles. The number of hydrogen-bond acceptors (Lipinski definition) is 2. The normalized spacial score (nSPS) is 11.8. The van der Waals surface area contributed by atoms with E-state index in [1.807, 2.05) is 60.7 Å². The Hall–Kier alpha value is -2.30. The molecule has 0 unspecified atom stereocenters. The van der Waals surface area contributed by atoms with Crippen molar-refractivity contribution < 1.29 is 9.18 Å². The zero-order chi connectivity index (χ0) is 17.6. The van der Waals surface area contributed by atoms with Gasteiger partial charge in [-0.1, -0.05) is 60.1 Å². The molecule has 0 fully saturated rings. The highest BCUT2D eigenvalue weighted by Crippen LogP contribution is 2.36. The second kappa shape index (κ2) is 8.19. The Labute approximate surface area is 155 Å². The highest BCUT2D eigenvalue weighted by Gasteiger charge is 2.23. The quantitative estimate of drug-likeness (QED) is 0.561. The molecule has 0 aromatic heterocycles. The summed E-state index contributed by atoms with van der Waals surface area (Å²) in [6.07, 6.45) is 0. The van der Waals surface area contributed by atoms with E-state index in [2.05, 4.69) is 5.32 Å². The Kier molecular flexibility index (Phi) is 5.74. The number of carbonyl (C=O) groups excluding carboxylic acids is 1. The summed E-state index contributed by atoms with van der Waals surface area (Å²) in [5.41, 5.74) is 0.965. The largest absolute Gasteiger partial charge is 0.322 e. The number of nitrogens with one attached hydrogen (secondary N) is 1. The summed E-state index contributed by atoms with van der Waals surface area (Å²) in [7, 11) is 0. The van der Waals surface area contributed by atoms with Crippen LogP contribution in [0.25, 0.3) is 0 Å². The van der Waals surface area contributed by atoms with Gasteiger partial charge in [0.05, 0.1) is 5.69 Å². The van der Waals surface area contributed by atoms with Crippen molar-refractivity contribution in [1.82, 2.24) is 0 Å². The van der Waals surface area contributed by atoms with E-state index in [-0.39, 0.29) is 16.6 Å². The van der Waals surface area contributed by atoms with E-state index in [1.165, 1.54) is 23.9 Å². The molecule has 3 rings (SSSR count). The molecule has 5 heteroatoms. The molecule has 0 radical (unpaired) electrons. The molecule has 1 amide bonds. The molecular formula is C20H15ClFNOS. The SMILES string of the molecule is O=C(Nc1ccc(Cl)cc1F)[C@H](Sc1ccccc1)c1ccccc1. The summed E-state index contributed by atoms with van der Waals surface area (Å²) in [4.78, 5) is 13.8. The van der Waals surface area contributed by atoms with Gasteiger partial charge in [0.1, 0.15) is 11.1 Å². The Balaban J connectivity index is 1.87. The number of halogens is 2. The third kappa shape index (κ3) is 4.62. The minimum Gasteiger partial charge on any atom is -0.322 e. The maximum atomic E-state index is 14.0. The van der Waals surface area contributed by atoms with Crippen LogP contribution in [0.5, 0.6) is 0 Å². The smallest absolute Gasteiger partial charge is 0.242 e. The molecule has 0 aliphatic carbocycles. The average Bonchev–Trinajstić information content (AvgIpc) is 2.63. The Morgan fingerprint density at radius 3 is 2.24 bits per heavy atom. The maximum absolute atomic E-state index is 14.0. The van der Waals surface area contributed by atoms with Crippen molar-refractivity contribution >= 4 is 35.0 Å². The number of rotatable bonds is 5. The van der Waals surface area contributed by atoms with Gasteiger partial charge in [0.25, 0.3) is 0 Å². The molecule has 0 saturated carbocycles. The molecule has 0 saturated heterocycles. The van der Waals surface area contributed by atoms with Crippen LogP contribution in [0.2, 0.25) is 5.02 Å². The van der Waals surface area contributed by atoms with Crippen molar-refractivity contribution in [1.29, 1.82) is 0 Å². The van der Waals surface area contributed by atoms with Gasteiger partial charge in [-0.25, -0.2) is 4.39 Å². The molecule has 0 bridgehead atoms. The predicted octanol–water partition coefficient (Wildman–Crippen LogP) is 5.95. The molecule has 0 spiro atoms. The van der Waals surface area contributed by atoms with Crippen molar-refractivity contribution in [3.8, 4) is 0 Å². The van der Waals surface area contributed by atoms with E-state index in [9.17, 15) is 9.18 Å². The first-order chi connectivity index (χ1) is 12.1. The third-order valence-electron chi connectivity index (χ3n) is 3.53. The van der Waals surface area contributed by atoms with E-state index >= 15 is 0 Å². The van der Waals surface area contributed by atoms with Crippen LogP contribution in [-0.2, 0) is 4.79 Å². The topological polar surface area (TPSA) is 29.1 Å². The van der Waals surface area contributed by atoms with Crippen molar-refractivity contribution in [2.45, 2.75) is 10.1 Å². The summed E-state index contributed by atoms with van der Waals surface area (Å²) < 4.78 is 14.0. The number of carbonyl (C=O) groups is 1. The third-order valence-corrected chi connectivity index (χ3v) is 5.03. The Morgan fingerprint density at radius 2 is 1.60 bits per heavy atom. The fourth-order valence-corrected chi connectivity index (χ4v) is 3.53. The molecule has 2 nitrogen and oxygen atoms in total. The van der Waals surface area contributed by atoms with Gasteiger partial charge in [0.15, 0.2) is 0 Å². The van der Waals surface area contributed by atoms with Gasteiger partial charge in [-0.15, -0.1) is 11.8 Å². The van der Waals surface area contributed by atoms with Gasteiger partial charge < -0.3 is 5.32 Å². The van der Waals surface area contributed by atoms with E-state index < -0.39 is 11.1 Å². The lowest BCUT2D eigenvalue weighted by Gasteiger charge is -2.17. The van der Waals surface area contributed by atoms with Crippen LogP contribution in [0.15, 0.2) is 83.8 Å². The van der Waals surface area contributed by atoms with Crippen LogP contribution in [0.1, 0.15) is 10.8 Å². The Bertz CT molecular complexity index is 858. The molecule has 25 heavy (non-hydrogen) atoms. The molecule has 3 aromatic carbocycles. The second-order valence-corrected chi connectivity index (χ2v) is 6.95. The average molecular weight is 372 g/mol. The number of amides is 1. The van der Waals surface area contributed by atoms with Gasteiger partial charge in [0, 0.05) is 9.92 Å². The summed E-state index contributed by atoms with van der Waals surface area (Å²) in [5.74, 6) is -0.848. The van der Waals surface area contributed by atoms with Crippen molar-refractivity contribution in [3.63, 3.8) is 0 Å². The summed E-state index contributed by atoms with van der Waals surface area (Å²) >= 11 is 7.18. The number of thioether (sulfide) groups is 1. The minimum absolute atomic E-state index is 0.115. The Morgan fingerprint density at radius 1 is 0.960 bits per heavy atom. The lowest BCUT2D eigenvalue weighted by molar-refractivity contribution is -0.115. The van der Waals surface area contributed by atoms with E-state index in [0.717, 1.165) is 10.5 Å².